The van der Waals surface area contributed by atoms with E-state index in [9.17, 15) is 0 Å². The van der Waals surface area contributed by atoms with Gasteiger partial charge in [-0.1, -0.05) is 11.6 Å². The summed E-state index contributed by atoms with van der Waals surface area (Å²) >= 11 is 8.34. The number of benzene rings is 1. The topological polar surface area (TPSA) is 87.2 Å². The Morgan fingerprint density at radius 3 is 2.78 bits per heavy atom. The van der Waals surface area contributed by atoms with Gasteiger partial charge in [-0.3, -0.25) is 14.5 Å². The number of aromatic amines is 1. The van der Waals surface area contributed by atoms with Gasteiger partial charge in [-0.2, -0.15) is 0 Å². The van der Waals surface area contributed by atoms with Gasteiger partial charge in [0.25, 0.3) is 0 Å². The number of quaternary nitrogens is 1. The van der Waals surface area contributed by atoms with Gasteiger partial charge in [0.15, 0.2) is 0 Å². The van der Waals surface area contributed by atoms with Gasteiger partial charge in [0.2, 0.25) is 5.82 Å². The van der Waals surface area contributed by atoms with Crippen molar-refractivity contribution >= 4 is 50.8 Å². The Balaban J connectivity index is 1.28. The summed E-state index contributed by atoms with van der Waals surface area (Å²) in [5.74, 6) is 2.01. The van der Waals surface area contributed by atoms with Crippen molar-refractivity contribution < 1.29 is 4.74 Å². The van der Waals surface area contributed by atoms with Crippen LogP contribution in [0.4, 0.5) is 11.5 Å². The van der Waals surface area contributed by atoms with E-state index in [1.54, 1.807) is 6.20 Å². The maximum Gasteiger partial charge on any atom is 0.246 e. The molecule has 5 heterocycles. The fourth-order valence-electron chi connectivity index (χ4n) is 5.77. The molecule has 0 amide bonds. The summed E-state index contributed by atoms with van der Waals surface area (Å²) in [6.45, 7) is 7.88. The second-order valence-electron chi connectivity index (χ2n) is 9.98. The highest BCUT2D eigenvalue weighted by Gasteiger charge is 2.44. The number of anilines is 1. The number of H-pyrrole nitrogens is 1. The van der Waals surface area contributed by atoms with Crippen LogP contribution in [0.5, 0.6) is 0 Å². The molecule has 3 N–H and O–H groups in total. The average molecular weight is 527 g/mol. The van der Waals surface area contributed by atoms with Gasteiger partial charge in [-0.05, 0) is 38.0 Å². The lowest BCUT2D eigenvalue weighted by molar-refractivity contribution is 0.0905. The van der Waals surface area contributed by atoms with Crippen LogP contribution in [0.3, 0.4) is 0 Å². The number of piperazine rings is 1. The van der Waals surface area contributed by atoms with E-state index in [0.717, 1.165) is 101 Å². The largest absolute Gasteiger partial charge is 0.381 e. The second-order valence-corrected chi connectivity index (χ2v) is 11.4. The average Bonchev–Trinajstić information content (AvgIpc) is 3.57. The SMILES string of the molecule is C[C@H](C1CSC(c2cc3cc(Cl)cc(NC4CCOCC4)c3[nH]2)=N1)[N+]1(c2cnccn2)CCNCC1. The molecule has 2 atom stereocenters. The van der Waals surface area contributed by atoms with E-state index in [2.05, 4.69) is 33.6 Å². The van der Waals surface area contributed by atoms with Crippen LogP contribution in [-0.4, -0.2) is 83.3 Å². The molecule has 0 radical (unpaired) electrons. The molecule has 0 saturated carbocycles. The van der Waals surface area contributed by atoms with Gasteiger partial charge in [0.05, 0.1) is 36.2 Å². The minimum Gasteiger partial charge on any atom is -0.381 e. The van der Waals surface area contributed by atoms with E-state index in [-0.39, 0.29) is 6.04 Å². The highest BCUT2D eigenvalue weighted by Crippen LogP contribution is 2.35. The highest BCUT2D eigenvalue weighted by molar-refractivity contribution is 8.14. The first-order valence-electron chi connectivity index (χ1n) is 12.8. The molecule has 2 fully saturated rings. The second kappa shape index (κ2) is 10.3. The van der Waals surface area contributed by atoms with E-state index >= 15 is 0 Å². The molecule has 3 aromatic rings. The summed E-state index contributed by atoms with van der Waals surface area (Å²) in [6.07, 6.45) is 7.50. The molecule has 1 unspecified atom stereocenters. The monoisotopic (exact) mass is 526 g/mol. The smallest absolute Gasteiger partial charge is 0.246 e. The fourth-order valence-corrected chi connectivity index (χ4v) is 7.16. The van der Waals surface area contributed by atoms with Crippen LogP contribution >= 0.6 is 23.4 Å². The number of nitrogens with zero attached hydrogens (tertiary/aromatic N) is 4. The zero-order valence-corrected chi connectivity index (χ0v) is 22.1. The quantitative estimate of drug-likeness (QED) is 0.420. The van der Waals surface area contributed by atoms with Crippen LogP contribution in [-0.2, 0) is 4.74 Å². The number of thioether (sulfide) groups is 1. The lowest BCUT2D eigenvalue weighted by atomic mass is 10.0. The zero-order chi connectivity index (χ0) is 24.5. The van der Waals surface area contributed by atoms with Crippen LogP contribution in [0.2, 0.25) is 5.02 Å². The van der Waals surface area contributed by atoms with Crippen molar-refractivity contribution in [3.63, 3.8) is 0 Å². The molecule has 3 aliphatic rings. The molecule has 2 saturated heterocycles. The molecule has 2 aromatic heterocycles. The lowest BCUT2D eigenvalue weighted by Gasteiger charge is -2.45. The maximum absolute atomic E-state index is 6.50. The van der Waals surface area contributed by atoms with Crippen LogP contribution in [0, 0.1) is 0 Å². The lowest BCUT2D eigenvalue weighted by Crippen LogP contribution is -2.67. The van der Waals surface area contributed by atoms with Gasteiger partial charge >= 0.3 is 0 Å². The van der Waals surface area contributed by atoms with Crippen molar-refractivity contribution in [2.75, 3.05) is 50.5 Å². The third kappa shape index (κ3) is 4.63. The third-order valence-corrected chi connectivity index (χ3v) is 9.22. The number of hydrogen-bond acceptors (Lipinski definition) is 7. The Morgan fingerprint density at radius 2 is 2.00 bits per heavy atom. The number of aromatic nitrogens is 3. The Labute approximate surface area is 220 Å². The van der Waals surface area contributed by atoms with Crippen LogP contribution in [0.25, 0.3) is 10.9 Å². The van der Waals surface area contributed by atoms with Crippen LogP contribution in [0.15, 0.2) is 41.8 Å². The molecule has 1 aromatic carbocycles. The Morgan fingerprint density at radius 1 is 1.17 bits per heavy atom. The summed E-state index contributed by atoms with van der Waals surface area (Å²) in [7, 11) is 0. The van der Waals surface area contributed by atoms with Crippen molar-refractivity contribution in [3.8, 4) is 0 Å². The van der Waals surface area contributed by atoms with Crippen molar-refractivity contribution in [1.29, 1.82) is 0 Å². The predicted octanol–water partition coefficient (Wildman–Crippen LogP) is 4.06. The van der Waals surface area contributed by atoms with E-state index in [0.29, 0.717) is 12.1 Å². The van der Waals surface area contributed by atoms with Crippen LogP contribution < -0.4 is 15.1 Å². The Hall–Kier alpha value is -2.17. The zero-order valence-electron chi connectivity index (χ0n) is 20.5. The van der Waals surface area contributed by atoms with Gasteiger partial charge in [-0.25, -0.2) is 4.98 Å². The minimum atomic E-state index is 0.208. The van der Waals surface area contributed by atoms with E-state index in [4.69, 9.17) is 26.3 Å². The molecular formula is C26H33ClN7OS+. The highest BCUT2D eigenvalue weighted by atomic mass is 35.5. The van der Waals surface area contributed by atoms with Crippen molar-refractivity contribution in [2.24, 2.45) is 4.99 Å². The summed E-state index contributed by atoms with van der Waals surface area (Å²) < 4.78 is 6.35. The number of fused-ring (bicyclic) bond motifs is 1. The molecule has 0 bridgehead atoms. The van der Waals surface area contributed by atoms with Gasteiger partial charge in [-0.15, -0.1) is 11.8 Å². The van der Waals surface area contributed by atoms with Gasteiger partial charge < -0.3 is 20.4 Å². The number of aliphatic imine (C=N–C) groups is 1. The van der Waals surface area contributed by atoms with Crippen molar-refractivity contribution in [1.82, 2.24) is 24.8 Å². The third-order valence-electron chi connectivity index (χ3n) is 7.90. The number of nitrogens with one attached hydrogen (secondary N) is 3. The molecule has 36 heavy (non-hydrogen) atoms. The first kappa shape index (κ1) is 24.2. The number of rotatable bonds is 6. The number of hydrogen-bond donors (Lipinski definition) is 3. The predicted molar refractivity (Wildman–Crippen MR) is 149 cm³/mol. The van der Waals surface area contributed by atoms with E-state index in [1.807, 2.05) is 36.3 Å². The summed E-state index contributed by atoms with van der Waals surface area (Å²) in [4.78, 5) is 18.0. The molecular weight excluding hydrogens is 494 g/mol. The summed E-state index contributed by atoms with van der Waals surface area (Å²) in [6, 6.07) is 7.15. The molecule has 3 aliphatic heterocycles. The normalized spacial score (nSPS) is 23.5. The number of ether oxygens (including phenoxy) is 1. The molecule has 8 nitrogen and oxygen atoms in total. The standard InChI is InChI=1S/C26H33ClN7OS/c1-17(34(8-6-28-7-9-34)24-15-29-4-5-30-24)23-16-36-26(33-23)22-13-18-12-19(27)14-21(25(18)32-22)31-20-2-10-35-11-3-20/h4-5,12-15,17,20,23,28,31-32H,2-3,6-11,16H2,1H3/q+1/t17-,23?/m1/s1. The maximum atomic E-state index is 6.50. The first-order valence-corrected chi connectivity index (χ1v) is 14.2. The van der Waals surface area contributed by atoms with Crippen molar-refractivity contribution in [2.45, 2.75) is 37.9 Å². The molecule has 190 valence electrons. The van der Waals surface area contributed by atoms with Gasteiger partial charge in [0.1, 0.15) is 23.3 Å². The minimum absolute atomic E-state index is 0.208. The molecule has 0 spiro atoms. The van der Waals surface area contributed by atoms with E-state index < -0.39 is 0 Å². The first-order chi connectivity index (χ1) is 17.6. The summed E-state index contributed by atoms with van der Waals surface area (Å²) in [5, 5.41) is 10.1. The Kier molecular flexibility index (Phi) is 6.92. The fraction of sp³-hybridized carbons (Fsp3) is 0.500. The molecule has 0 aliphatic carbocycles. The van der Waals surface area contributed by atoms with Gasteiger partial charge in [0, 0.05) is 54.7 Å². The molecule has 10 heteroatoms. The number of halogens is 1. The van der Waals surface area contributed by atoms with Crippen LogP contribution in [0.1, 0.15) is 25.5 Å². The Bertz CT molecular complexity index is 1240. The molecule has 6 rings (SSSR count). The van der Waals surface area contributed by atoms with E-state index in [1.165, 1.54) is 0 Å². The summed E-state index contributed by atoms with van der Waals surface area (Å²) in [5.41, 5.74) is 3.20. The van der Waals surface area contributed by atoms with Crippen molar-refractivity contribution in [3.05, 3.63) is 47.5 Å².